The number of nitrogens with zero attached hydrogens (tertiary/aromatic N) is 1. The summed E-state index contributed by atoms with van der Waals surface area (Å²) in [5.74, 6) is -0.402. The maximum atomic E-state index is 12.0. The molecule has 0 bridgehead atoms. The van der Waals surface area contributed by atoms with Crippen LogP contribution in [0.2, 0.25) is 0 Å². The Morgan fingerprint density at radius 1 is 1.60 bits per heavy atom. The topological polar surface area (TPSA) is 92.5 Å². The quantitative estimate of drug-likeness (QED) is 0.597. The number of carbonyl (C=O) groups excluding carboxylic acids is 1. The van der Waals surface area contributed by atoms with Crippen LogP contribution >= 0.6 is 27.7 Å². The van der Waals surface area contributed by atoms with Crippen molar-refractivity contribution in [3.63, 3.8) is 0 Å². The highest BCUT2D eigenvalue weighted by molar-refractivity contribution is 9.10. The minimum atomic E-state index is -0.553. The fraction of sp³-hybridized carbons (Fsp3) is 0.417. The van der Waals surface area contributed by atoms with Crippen molar-refractivity contribution in [2.24, 2.45) is 0 Å². The number of aliphatic hydroxyl groups excluding tert-OH is 1. The monoisotopic (exact) mass is 362 g/mol. The smallest absolute Gasteiger partial charge is 0.284 e. The van der Waals surface area contributed by atoms with Crippen LogP contribution < -0.4 is 5.32 Å². The number of rotatable bonds is 6. The van der Waals surface area contributed by atoms with Crippen LogP contribution in [0.25, 0.3) is 0 Å². The fourth-order valence-corrected chi connectivity index (χ4v) is 2.63. The lowest BCUT2D eigenvalue weighted by atomic mass is 10.1. The molecule has 1 aromatic rings. The molecule has 0 heterocycles. The first-order valence-electron chi connectivity index (χ1n) is 5.79. The zero-order valence-corrected chi connectivity index (χ0v) is 13.4. The molecular weight excluding hydrogens is 348 g/mol. The molecule has 0 saturated heterocycles. The molecule has 1 aromatic carbocycles. The van der Waals surface area contributed by atoms with Crippen LogP contribution in [-0.4, -0.2) is 40.1 Å². The molecule has 0 aromatic heterocycles. The average molecular weight is 363 g/mol. The van der Waals surface area contributed by atoms with E-state index in [-0.39, 0.29) is 29.1 Å². The summed E-state index contributed by atoms with van der Waals surface area (Å²) in [6.07, 6.45) is 1.84. The molecule has 2 unspecified atom stereocenters. The van der Waals surface area contributed by atoms with Gasteiger partial charge in [-0.1, -0.05) is 0 Å². The van der Waals surface area contributed by atoms with Gasteiger partial charge in [-0.2, -0.15) is 11.8 Å². The van der Waals surface area contributed by atoms with Crippen LogP contribution in [0, 0.1) is 10.1 Å². The highest BCUT2D eigenvalue weighted by Gasteiger charge is 2.20. The van der Waals surface area contributed by atoms with Gasteiger partial charge in [0.1, 0.15) is 0 Å². The summed E-state index contributed by atoms with van der Waals surface area (Å²) in [6, 6.07) is 3.95. The van der Waals surface area contributed by atoms with E-state index in [1.807, 2.05) is 6.26 Å². The van der Waals surface area contributed by atoms with Gasteiger partial charge in [-0.15, -0.1) is 0 Å². The van der Waals surface area contributed by atoms with Crippen molar-refractivity contribution >= 4 is 39.3 Å². The van der Waals surface area contributed by atoms with Crippen LogP contribution in [0.1, 0.15) is 17.3 Å². The number of amides is 1. The van der Waals surface area contributed by atoms with Gasteiger partial charge in [0.25, 0.3) is 11.6 Å². The maximum Gasteiger partial charge on any atom is 0.284 e. The molecule has 1 rings (SSSR count). The maximum absolute atomic E-state index is 12.0. The Morgan fingerprint density at radius 2 is 2.25 bits per heavy atom. The van der Waals surface area contributed by atoms with E-state index in [1.54, 1.807) is 6.92 Å². The minimum Gasteiger partial charge on any atom is -0.395 e. The van der Waals surface area contributed by atoms with Crippen LogP contribution in [0.15, 0.2) is 22.7 Å². The molecule has 0 aliphatic heterocycles. The van der Waals surface area contributed by atoms with Gasteiger partial charge >= 0.3 is 0 Å². The van der Waals surface area contributed by atoms with Crippen LogP contribution in [0.5, 0.6) is 0 Å². The number of halogens is 1. The van der Waals surface area contributed by atoms with E-state index >= 15 is 0 Å². The van der Waals surface area contributed by atoms with Crippen molar-refractivity contribution in [3.8, 4) is 0 Å². The number of nitro benzene ring substituents is 1. The Morgan fingerprint density at radius 3 is 2.75 bits per heavy atom. The third-order valence-electron chi connectivity index (χ3n) is 2.80. The summed E-state index contributed by atoms with van der Waals surface area (Å²) in [4.78, 5) is 22.3. The summed E-state index contributed by atoms with van der Waals surface area (Å²) < 4.78 is 0.324. The highest BCUT2D eigenvalue weighted by atomic mass is 79.9. The van der Waals surface area contributed by atoms with Crippen molar-refractivity contribution < 1.29 is 14.8 Å². The van der Waals surface area contributed by atoms with Gasteiger partial charge in [-0.3, -0.25) is 14.9 Å². The summed E-state index contributed by atoms with van der Waals surface area (Å²) in [5.41, 5.74) is 0.0541. The Kier molecular flexibility index (Phi) is 6.44. The molecule has 0 radical (unpaired) electrons. The predicted octanol–water partition coefficient (Wildman–Crippen LogP) is 2.20. The number of nitro groups is 1. The molecule has 2 N–H and O–H groups in total. The van der Waals surface area contributed by atoms with Crippen molar-refractivity contribution in [3.05, 3.63) is 38.3 Å². The summed E-state index contributed by atoms with van der Waals surface area (Å²) >= 11 is 4.51. The SMILES string of the molecule is CSC(CO)C(C)NC(=O)c1ccc(Br)c([N+](=O)[O-])c1. The minimum absolute atomic E-state index is 0.0525. The van der Waals surface area contributed by atoms with Gasteiger partial charge in [0.15, 0.2) is 0 Å². The summed E-state index contributed by atoms with van der Waals surface area (Å²) in [7, 11) is 0. The Hall–Kier alpha value is -1.12. The predicted molar refractivity (Wildman–Crippen MR) is 82.1 cm³/mol. The van der Waals surface area contributed by atoms with Crippen LogP contribution in [0.3, 0.4) is 0 Å². The normalized spacial score (nSPS) is 13.6. The van der Waals surface area contributed by atoms with Crippen LogP contribution in [0.4, 0.5) is 5.69 Å². The molecule has 110 valence electrons. The number of hydrogen-bond donors (Lipinski definition) is 2. The van der Waals surface area contributed by atoms with E-state index in [1.165, 1.54) is 30.0 Å². The lowest BCUT2D eigenvalue weighted by Crippen LogP contribution is -2.41. The molecule has 6 nitrogen and oxygen atoms in total. The highest BCUT2D eigenvalue weighted by Crippen LogP contribution is 2.25. The molecule has 0 aliphatic rings. The number of benzene rings is 1. The van der Waals surface area contributed by atoms with Crippen LogP contribution in [-0.2, 0) is 0 Å². The molecular formula is C12H15BrN2O4S. The molecule has 2 atom stereocenters. The third kappa shape index (κ3) is 4.19. The lowest BCUT2D eigenvalue weighted by molar-refractivity contribution is -0.385. The van der Waals surface area contributed by atoms with E-state index in [2.05, 4.69) is 21.2 Å². The Balaban J connectivity index is 2.88. The number of aliphatic hydroxyl groups is 1. The van der Waals surface area contributed by atoms with Gasteiger partial charge in [0, 0.05) is 22.9 Å². The largest absolute Gasteiger partial charge is 0.395 e. The fourth-order valence-electron chi connectivity index (χ4n) is 1.61. The average Bonchev–Trinajstić information content (AvgIpc) is 2.40. The Labute approximate surface area is 129 Å². The van der Waals surface area contributed by atoms with E-state index in [0.717, 1.165) is 0 Å². The first kappa shape index (κ1) is 16.9. The Bertz CT molecular complexity index is 508. The molecule has 1 amide bonds. The molecule has 20 heavy (non-hydrogen) atoms. The molecule has 0 aliphatic carbocycles. The first-order valence-corrected chi connectivity index (χ1v) is 7.87. The number of nitrogens with one attached hydrogen (secondary N) is 1. The number of hydrogen-bond acceptors (Lipinski definition) is 5. The standard InChI is InChI=1S/C12H15BrN2O4S/c1-7(11(6-16)20-2)14-12(17)8-3-4-9(13)10(5-8)15(18)19/h3-5,7,11,16H,6H2,1-2H3,(H,14,17). The van der Waals surface area contributed by atoms with Gasteiger partial charge in [-0.25, -0.2) is 0 Å². The van der Waals surface area contributed by atoms with Gasteiger partial charge in [-0.05, 0) is 41.2 Å². The van der Waals surface area contributed by atoms with E-state index in [9.17, 15) is 14.9 Å². The molecule has 0 spiro atoms. The zero-order chi connectivity index (χ0) is 15.3. The first-order chi connectivity index (χ1) is 9.40. The van der Waals surface area contributed by atoms with Crippen molar-refractivity contribution in [2.75, 3.05) is 12.9 Å². The lowest BCUT2D eigenvalue weighted by Gasteiger charge is -2.21. The van der Waals surface area contributed by atoms with Gasteiger partial charge < -0.3 is 10.4 Å². The number of carbonyl (C=O) groups is 1. The van der Waals surface area contributed by atoms with Crippen molar-refractivity contribution in [2.45, 2.75) is 18.2 Å². The van der Waals surface area contributed by atoms with E-state index in [4.69, 9.17) is 5.11 Å². The molecule has 0 fully saturated rings. The second-order valence-electron chi connectivity index (χ2n) is 4.14. The van der Waals surface area contributed by atoms with E-state index < -0.39 is 10.8 Å². The molecule has 0 saturated carbocycles. The van der Waals surface area contributed by atoms with Gasteiger partial charge in [0.05, 0.1) is 16.0 Å². The summed E-state index contributed by atoms with van der Waals surface area (Å²) in [6.45, 7) is 1.73. The van der Waals surface area contributed by atoms with E-state index in [0.29, 0.717) is 4.47 Å². The second-order valence-corrected chi connectivity index (χ2v) is 6.07. The molecule has 8 heteroatoms. The van der Waals surface area contributed by atoms with Crippen molar-refractivity contribution in [1.29, 1.82) is 0 Å². The second kappa shape index (κ2) is 7.61. The summed E-state index contributed by atoms with van der Waals surface area (Å²) in [5, 5.41) is 22.6. The van der Waals surface area contributed by atoms with Crippen molar-refractivity contribution in [1.82, 2.24) is 5.32 Å². The number of thioether (sulfide) groups is 1. The third-order valence-corrected chi connectivity index (χ3v) is 4.64. The van der Waals surface area contributed by atoms with Gasteiger partial charge in [0.2, 0.25) is 0 Å². The zero-order valence-electron chi connectivity index (χ0n) is 11.0.